The normalized spacial score (nSPS) is 34.5. The van der Waals surface area contributed by atoms with E-state index in [0.717, 1.165) is 30.6 Å². The van der Waals surface area contributed by atoms with Crippen molar-refractivity contribution >= 4 is 0 Å². The molecule has 0 bridgehead atoms. The molecule has 2 fully saturated rings. The number of nitrogens with one attached hydrogen (secondary N) is 1. The first-order valence-corrected chi connectivity index (χ1v) is 7.89. The molecule has 2 aliphatic rings. The third-order valence-electron chi connectivity index (χ3n) is 4.97. The lowest BCUT2D eigenvalue weighted by Gasteiger charge is -2.25. The average Bonchev–Trinajstić information content (AvgIpc) is 3.16. The molecular formula is C15H25N3O2. The van der Waals surface area contributed by atoms with E-state index >= 15 is 0 Å². The third kappa shape index (κ3) is 2.88. The lowest BCUT2D eigenvalue weighted by Crippen LogP contribution is -2.16. The fourth-order valence-corrected chi connectivity index (χ4v) is 3.45. The molecule has 5 heteroatoms. The summed E-state index contributed by atoms with van der Waals surface area (Å²) < 4.78 is 10.8. The Bertz CT molecular complexity index is 427. The molecule has 1 aromatic heterocycles. The van der Waals surface area contributed by atoms with Crippen LogP contribution in [0.25, 0.3) is 0 Å². The highest BCUT2D eigenvalue weighted by Gasteiger charge is 2.31. The molecule has 112 valence electrons. The van der Waals surface area contributed by atoms with Gasteiger partial charge in [-0.3, -0.25) is 0 Å². The van der Waals surface area contributed by atoms with Gasteiger partial charge in [0.05, 0.1) is 12.1 Å². The van der Waals surface area contributed by atoms with Crippen LogP contribution in [0.3, 0.4) is 0 Å². The highest BCUT2D eigenvalue weighted by atomic mass is 16.5. The van der Waals surface area contributed by atoms with Crippen molar-refractivity contribution < 1.29 is 9.26 Å². The summed E-state index contributed by atoms with van der Waals surface area (Å²) in [6.45, 7) is 3.15. The molecule has 3 rings (SSSR count). The number of nitrogens with zero attached hydrogens (tertiary/aromatic N) is 2. The predicted molar refractivity (Wildman–Crippen MR) is 75.4 cm³/mol. The van der Waals surface area contributed by atoms with Crippen LogP contribution in [0.1, 0.15) is 69.1 Å². The van der Waals surface area contributed by atoms with Crippen molar-refractivity contribution in [2.45, 2.75) is 63.5 Å². The highest BCUT2D eigenvalue weighted by Crippen LogP contribution is 2.36. The van der Waals surface area contributed by atoms with E-state index in [4.69, 9.17) is 9.26 Å². The van der Waals surface area contributed by atoms with Gasteiger partial charge in [-0.15, -0.1) is 0 Å². The Kier molecular flexibility index (Phi) is 4.36. The van der Waals surface area contributed by atoms with Crippen molar-refractivity contribution in [1.82, 2.24) is 15.5 Å². The van der Waals surface area contributed by atoms with Crippen LogP contribution in [0.2, 0.25) is 0 Å². The molecule has 5 nitrogen and oxygen atoms in total. The molecule has 1 aliphatic carbocycles. The van der Waals surface area contributed by atoms with E-state index < -0.39 is 0 Å². The second-order valence-corrected chi connectivity index (χ2v) is 6.17. The van der Waals surface area contributed by atoms with Crippen LogP contribution in [0.4, 0.5) is 0 Å². The van der Waals surface area contributed by atoms with Crippen molar-refractivity contribution in [2.24, 2.45) is 5.92 Å². The maximum absolute atomic E-state index is 5.47. The summed E-state index contributed by atoms with van der Waals surface area (Å²) in [6.07, 6.45) is 7.49. The first-order valence-electron chi connectivity index (χ1n) is 7.89. The highest BCUT2D eigenvalue weighted by molar-refractivity contribution is 5.02. The van der Waals surface area contributed by atoms with Gasteiger partial charge < -0.3 is 14.6 Å². The van der Waals surface area contributed by atoms with Crippen molar-refractivity contribution in [3.8, 4) is 0 Å². The summed E-state index contributed by atoms with van der Waals surface area (Å²) in [5.74, 6) is 3.04. The van der Waals surface area contributed by atoms with Gasteiger partial charge in [0.25, 0.3) is 0 Å². The molecular weight excluding hydrogens is 254 g/mol. The summed E-state index contributed by atoms with van der Waals surface area (Å²) in [6, 6.07) is 0.160. The SMILES string of the molecule is CCC1CCC(c2noc([C@H]3C[C@H](OC)CN3)n2)CC1. The lowest BCUT2D eigenvalue weighted by atomic mass is 9.80. The van der Waals surface area contributed by atoms with Gasteiger partial charge in [0.1, 0.15) is 0 Å². The van der Waals surface area contributed by atoms with Crippen LogP contribution in [-0.4, -0.2) is 29.9 Å². The number of hydrogen-bond donors (Lipinski definition) is 1. The fourth-order valence-electron chi connectivity index (χ4n) is 3.45. The zero-order chi connectivity index (χ0) is 13.9. The van der Waals surface area contributed by atoms with E-state index in [1.807, 2.05) is 0 Å². The zero-order valence-corrected chi connectivity index (χ0v) is 12.5. The number of ether oxygens (including phenoxy) is 1. The van der Waals surface area contributed by atoms with Gasteiger partial charge in [-0.1, -0.05) is 18.5 Å². The summed E-state index contributed by atoms with van der Waals surface area (Å²) in [5, 5.41) is 7.60. The van der Waals surface area contributed by atoms with Gasteiger partial charge in [0, 0.05) is 19.6 Å². The van der Waals surface area contributed by atoms with E-state index in [1.165, 1.54) is 32.1 Å². The fraction of sp³-hybridized carbons (Fsp3) is 0.867. The summed E-state index contributed by atoms with van der Waals surface area (Å²) in [7, 11) is 1.75. The Labute approximate surface area is 120 Å². The number of methoxy groups -OCH3 is 1. The second kappa shape index (κ2) is 6.22. The minimum atomic E-state index is 0.160. The Morgan fingerprint density at radius 2 is 2.10 bits per heavy atom. The van der Waals surface area contributed by atoms with Crippen LogP contribution in [0.15, 0.2) is 4.52 Å². The number of hydrogen-bond acceptors (Lipinski definition) is 5. The summed E-state index contributed by atoms with van der Waals surface area (Å²) in [5.41, 5.74) is 0. The molecule has 20 heavy (non-hydrogen) atoms. The van der Waals surface area contributed by atoms with Gasteiger partial charge in [-0.2, -0.15) is 4.98 Å². The van der Waals surface area contributed by atoms with E-state index in [0.29, 0.717) is 5.92 Å². The van der Waals surface area contributed by atoms with Crippen LogP contribution < -0.4 is 5.32 Å². The maximum Gasteiger partial charge on any atom is 0.243 e. The molecule has 1 aliphatic heterocycles. The van der Waals surface area contributed by atoms with Gasteiger partial charge >= 0.3 is 0 Å². The van der Waals surface area contributed by atoms with E-state index in [9.17, 15) is 0 Å². The minimum absolute atomic E-state index is 0.160. The third-order valence-corrected chi connectivity index (χ3v) is 4.97. The maximum atomic E-state index is 5.47. The van der Waals surface area contributed by atoms with Gasteiger partial charge in [-0.05, 0) is 38.0 Å². The van der Waals surface area contributed by atoms with E-state index in [1.54, 1.807) is 7.11 Å². The topological polar surface area (TPSA) is 60.2 Å². The zero-order valence-electron chi connectivity index (χ0n) is 12.5. The monoisotopic (exact) mass is 279 g/mol. The van der Waals surface area contributed by atoms with E-state index in [2.05, 4.69) is 22.4 Å². The molecule has 1 N–H and O–H groups in total. The van der Waals surface area contributed by atoms with Crippen molar-refractivity contribution in [3.05, 3.63) is 11.7 Å². The van der Waals surface area contributed by atoms with Crippen LogP contribution in [0, 0.1) is 5.92 Å². The second-order valence-electron chi connectivity index (χ2n) is 6.17. The Morgan fingerprint density at radius 3 is 2.75 bits per heavy atom. The van der Waals surface area contributed by atoms with Gasteiger partial charge in [0.15, 0.2) is 5.82 Å². The molecule has 0 amide bonds. The lowest BCUT2D eigenvalue weighted by molar-refractivity contribution is 0.116. The average molecular weight is 279 g/mol. The predicted octanol–water partition coefficient (Wildman–Crippen LogP) is 2.80. The Hall–Kier alpha value is -0.940. The molecule has 2 atom stereocenters. The summed E-state index contributed by atoms with van der Waals surface area (Å²) >= 11 is 0. The quantitative estimate of drug-likeness (QED) is 0.918. The first kappa shape index (κ1) is 14.0. The number of aromatic nitrogens is 2. The van der Waals surface area contributed by atoms with Gasteiger partial charge in [0.2, 0.25) is 5.89 Å². The first-order chi connectivity index (χ1) is 9.80. The molecule has 1 saturated carbocycles. The van der Waals surface area contributed by atoms with E-state index in [-0.39, 0.29) is 12.1 Å². The standard InChI is InChI=1S/C15H25N3O2/c1-3-10-4-6-11(7-5-10)14-17-15(20-18-14)13-8-12(19-2)9-16-13/h10-13,16H,3-9H2,1-2H3/t10?,11?,12-,13+/m0/s1. The molecule has 0 unspecified atom stereocenters. The minimum Gasteiger partial charge on any atom is -0.380 e. The molecule has 0 radical (unpaired) electrons. The smallest absolute Gasteiger partial charge is 0.243 e. The van der Waals surface area contributed by atoms with Crippen LogP contribution in [0.5, 0.6) is 0 Å². The summed E-state index contributed by atoms with van der Waals surface area (Å²) in [4.78, 5) is 4.64. The molecule has 0 spiro atoms. The Balaban J connectivity index is 1.60. The van der Waals surface area contributed by atoms with Crippen LogP contribution in [-0.2, 0) is 4.74 Å². The number of rotatable bonds is 4. The largest absolute Gasteiger partial charge is 0.380 e. The molecule has 1 saturated heterocycles. The van der Waals surface area contributed by atoms with Gasteiger partial charge in [-0.25, -0.2) is 0 Å². The van der Waals surface area contributed by atoms with Crippen molar-refractivity contribution in [3.63, 3.8) is 0 Å². The molecule has 1 aromatic rings. The van der Waals surface area contributed by atoms with Crippen LogP contribution >= 0.6 is 0 Å². The van der Waals surface area contributed by atoms with Crippen molar-refractivity contribution in [1.29, 1.82) is 0 Å². The Morgan fingerprint density at radius 1 is 1.30 bits per heavy atom. The molecule has 2 heterocycles. The van der Waals surface area contributed by atoms with Crippen molar-refractivity contribution in [2.75, 3.05) is 13.7 Å². The molecule has 0 aromatic carbocycles.